The van der Waals surface area contributed by atoms with Gasteiger partial charge in [0.2, 0.25) is 5.91 Å². The molecular weight excluding hydrogens is 446 g/mol. The van der Waals surface area contributed by atoms with Gasteiger partial charge in [0.05, 0.1) is 17.9 Å². The van der Waals surface area contributed by atoms with Crippen molar-refractivity contribution in [1.82, 2.24) is 9.88 Å². The number of carboxylic acid groups (broad SMARTS) is 1. The number of phenols is 1. The average Bonchev–Trinajstić information content (AvgIpc) is 3.02. The number of benzene rings is 2. The number of hydrogen-bond acceptors (Lipinski definition) is 4. The number of fused-ring (bicyclic) bond motifs is 1. The van der Waals surface area contributed by atoms with Crippen molar-refractivity contribution >= 4 is 40.3 Å². The number of hydrogen-bond donors (Lipinski definition) is 3. The number of nitrogens with zero attached hydrogens (tertiary/aromatic N) is 1. The van der Waals surface area contributed by atoms with Crippen LogP contribution in [-0.2, 0) is 9.59 Å². The monoisotopic (exact) mass is 464 g/mol. The van der Waals surface area contributed by atoms with Gasteiger partial charge >= 0.3 is 5.97 Å². The highest BCUT2D eigenvalue weighted by atomic mass is 35.5. The summed E-state index contributed by atoms with van der Waals surface area (Å²) in [4.78, 5) is 36.5. The highest BCUT2D eigenvalue weighted by Gasteiger charge is 2.30. The maximum atomic E-state index is 15.0. The number of rotatable bonds is 6. The molecule has 32 heavy (non-hydrogen) atoms. The van der Waals surface area contributed by atoms with Crippen LogP contribution < -0.4 is 5.32 Å². The van der Waals surface area contributed by atoms with Crippen molar-refractivity contribution in [3.8, 4) is 5.75 Å². The van der Waals surface area contributed by atoms with Gasteiger partial charge < -0.3 is 15.5 Å². The van der Waals surface area contributed by atoms with Gasteiger partial charge in [-0.2, -0.15) is 0 Å². The summed E-state index contributed by atoms with van der Waals surface area (Å²) in [5, 5.41) is 21.1. The third-order valence-electron chi connectivity index (χ3n) is 5.17. The fourth-order valence-corrected chi connectivity index (χ4v) is 3.73. The summed E-state index contributed by atoms with van der Waals surface area (Å²) in [5.41, 5.74) is 0.275. The molecule has 0 fully saturated rings. The number of phenolic OH excluding ortho intramolecular Hbond substituents is 1. The van der Waals surface area contributed by atoms with Crippen LogP contribution in [0.5, 0.6) is 5.75 Å². The van der Waals surface area contributed by atoms with Crippen molar-refractivity contribution in [2.75, 3.05) is 6.54 Å². The zero-order valence-corrected chi connectivity index (χ0v) is 17.8. The van der Waals surface area contributed by atoms with Crippen LogP contribution in [0.1, 0.15) is 40.9 Å². The van der Waals surface area contributed by atoms with Gasteiger partial charge in [-0.25, -0.2) is 8.78 Å². The molecule has 0 aliphatic rings. The molecule has 10 heteroatoms. The Bertz CT molecular complexity index is 1240. The second-order valence-electron chi connectivity index (χ2n) is 7.22. The molecule has 3 N–H and O–H groups in total. The van der Waals surface area contributed by atoms with Gasteiger partial charge in [-0.3, -0.25) is 19.0 Å². The molecule has 1 amide bonds. The fourth-order valence-electron chi connectivity index (χ4n) is 3.60. The standard InChI is InChI=1S/C22H19ClF2N2O5/c1-10(21(31)26-8-7-16(28)29)17-11(2)27(22(32)12-3-5-13(23)6-4-12)15-9-14(24)20(30)19(25)18(15)17/h3-6,9-10,30H,7-8H2,1-2H3,(H,26,31)(H,28,29)/t10-/m0/s1. The molecular formula is C22H19ClF2N2O5. The second kappa shape index (κ2) is 8.96. The van der Waals surface area contributed by atoms with E-state index < -0.39 is 41.1 Å². The molecule has 0 saturated heterocycles. The number of carboxylic acids is 1. The Kier molecular flexibility index (Phi) is 6.50. The average molecular weight is 465 g/mol. The lowest BCUT2D eigenvalue weighted by molar-refractivity contribution is -0.136. The number of halogens is 3. The Morgan fingerprint density at radius 1 is 1.19 bits per heavy atom. The minimum atomic E-state index is -1.30. The Hall–Kier alpha value is -3.46. The van der Waals surface area contributed by atoms with Crippen molar-refractivity contribution in [2.45, 2.75) is 26.2 Å². The molecule has 1 heterocycles. The first-order valence-corrected chi connectivity index (χ1v) is 9.94. The van der Waals surface area contributed by atoms with E-state index in [0.29, 0.717) is 5.02 Å². The molecule has 3 aromatic rings. The van der Waals surface area contributed by atoms with Crippen molar-refractivity contribution in [3.63, 3.8) is 0 Å². The van der Waals surface area contributed by atoms with E-state index in [2.05, 4.69) is 5.32 Å². The molecule has 0 aliphatic heterocycles. The van der Waals surface area contributed by atoms with E-state index in [4.69, 9.17) is 16.7 Å². The molecule has 0 saturated carbocycles. The van der Waals surface area contributed by atoms with Crippen molar-refractivity contribution in [3.05, 3.63) is 63.8 Å². The van der Waals surface area contributed by atoms with Crippen LogP contribution in [0.25, 0.3) is 10.9 Å². The van der Waals surface area contributed by atoms with Crippen molar-refractivity contribution in [2.24, 2.45) is 0 Å². The Balaban J connectivity index is 2.18. The van der Waals surface area contributed by atoms with Gasteiger partial charge in [0.1, 0.15) is 0 Å². The zero-order chi connectivity index (χ0) is 23.7. The van der Waals surface area contributed by atoms with E-state index in [0.717, 1.165) is 10.6 Å². The van der Waals surface area contributed by atoms with Crippen LogP contribution >= 0.6 is 11.6 Å². The maximum Gasteiger partial charge on any atom is 0.305 e. The first kappa shape index (κ1) is 23.2. The van der Waals surface area contributed by atoms with Gasteiger partial charge in [0.25, 0.3) is 5.91 Å². The summed E-state index contributed by atoms with van der Waals surface area (Å²) in [6.45, 7) is 2.76. The number of aromatic hydroxyl groups is 1. The zero-order valence-electron chi connectivity index (χ0n) is 17.1. The second-order valence-corrected chi connectivity index (χ2v) is 7.65. The maximum absolute atomic E-state index is 15.0. The van der Waals surface area contributed by atoms with Crippen LogP contribution in [0, 0.1) is 18.6 Å². The highest BCUT2D eigenvalue weighted by Crippen LogP contribution is 2.38. The number of aromatic nitrogens is 1. The molecule has 0 spiro atoms. The molecule has 0 bridgehead atoms. The summed E-state index contributed by atoms with van der Waals surface area (Å²) in [7, 11) is 0. The van der Waals surface area contributed by atoms with Crippen LogP contribution in [-0.4, -0.2) is 39.1 Å². The topological polar surface area (TPSA) is 109 Å². The molecule has 1 atom stereocenters. The Labute approximate surface area is 186 Å². The summed E-state index contributed by atoms with van der Waals surface area (Å²) in [6, 6.07) is 6.70. The number of carbonyl (C=O) groups excluding carboxylic acids is 2. The van der Waals surface area contributed by atoms with E-state index in [-0.39, 0.29) is 40.7 Å². The van der Waals surface area contributed by atoms with Gasteiger partial charge in [-0.05, 0) is 43.7 Å². The Morgan fingerprint density at radius 2 is 1.81 bits per heavy atom. The molecule has 7 nitrogen and oxygen atoms in total. The van der Waals surface area contributed by atoms with E-state index in [1.807, 2.05) is 0 Å². The van der Waals surface area contributed by atoms with Crippen molar-refractivity contribution < 1.29 is 33.4 Å². The van der Waals surface area contributed by atoms with Crippen LogP contribution in [0.3, 0.4) is 0 Å². The summed E-state index contributed by atoms with van der Waals surface area (Å²) < 4.78 is 30.2. The van der Waals surface area contributed by atoms with E-state index >= 15 is 0 Å². The smallest absolute Gasteiger partial charge is 0.305 e. The predicted octanol–water partition coefficient (Wildman–Crippen LogP) is 3.97. The van der Waals surface area contributed by atoms with E-state index in [1.165, 1.54) is 38.1 Å². The molecule has 0 radical (unpaired) electrons. The van der Waals surface area contributed by atoms with Gasteiger partial charge in [0, 0.05) is 34.3 Å². The number of nitrogens with one attached hydrogen (secondary N) is 1. The lowest BCUT2D eigenvalue weighted by Crippen LogP contribution is -2.30. The molecule has 3 rings (SSSR count). The normalized spacial score (nSPS) is 12.0. The number of aliphatic carboxylic acids is 1. The highest BCUT2D eigenvalue weighted by molar-refractivity contribution is 6.30. The third-order valence-corrected chi connectivity index (χ3v) is 5.42. The summed E-state index contributed by atoms with van der Waals surface area (Å²) in [5.74, 6) is -7.16. The van der Waals surface area contributed by atoms with Crippen molar-refractivity contribution in [1.29, 1.82) is 0 Å². The fraction of sp³-hybridized carbons (Fsp3) is 0.227. The third kappa shape index (κ3) is 4.16. The van der Waals surface area contributed by atoms with Gasteiger partial charge in [0.15, 0.2) is 17.4 Å². The summed E-state index contributed by atoms with van der Waals surface area (Å²) in [6.07, 6.45) is -0.311. The lowest BCUT2D eigenvalue weighted by atomic mass is 9.96. The van der Waals surface area contributed by atoms with E-state index in [9.17, 15) is 28.3 Å². The molecule has 1 aromatic heterocycles. The Morgan fingerprint density at radius 3 is 2.41 bits per heavy atom. The predicted molar refractivity (Wildman–Crippen MR) is 113 cm³/mol. The van der Waals surface area contributed by atoms with Gasteiger partial charge in [-0.1, -0.05) is 11.6 Å². The van der Waals surface area contributed by atoms with Crippen LogP contribution in [0.4, 0.5) is 8.78 Å². The quantitative estimate of drug-likeness (QED) is 0.511. The number of amides is 1. The first-order chi connectivity index (χ1) is 15.0. The van der Waals surface area contributed by atoms with Gasteiger partial charge in [-0.15, -0.1) is 0 Å². The molecule has 0 unspecified atom stereocenters. The van der Waals surface area contributed by atoms with Crippen LogP contribution in [0.15, 0.2) is 30.3 Å². The molecule has 168 valence electrons. The SMILES string of the molecule is Cc1c([C@H](C)C(=O)NCCC(=O)O)c2c(F)c(O)c(F)cc2n1C(=O)c1ccc(Cl)cc1. The molecule has 0 aliphatic carbocycles. The largest absolute Gasteiger partial charge is 0.503 e. The molecule has 2 aromatic carbocycles. The minimum Gasteiger partial charge on any atom is -0.503 e. The minimum absolute atomic E-state index is 0.0722. The summed E-state index contributed by atoms with van der Waals surface area (Å²) >= 11 is 5.86. The first-order valence-electron chi connectivity index (χ1n) is 9.56. The number of carbonyl (C=O) groups is 3. The van der Waals surface area contributed by atoms with Crippen LogP contribution in [0.2, 0.25) is 5.02 Å². The van der Waals surface area contributed by atoms with E-state index in [1.54, 1.807) is 0 Å². The lowest BCUT2D eigenvalue weighted by Gasteiger charge is -2.13.